The highest BCUT2D eigenvalue weighted by atomic mass is 16.1. The van der Waals surface area contributed by atoms with E-state index in [0.717, 1.165) is 35.4 Å². The monoisotopic (exact) mass is 273 g/mol. The number of nitrogens with zero attached hydrogens (tertiary/aromatic N) is 2. The Morgan fingerprint density at radius 3 is 2.80 bits per heavy atom. The van der Waals surface area contributed by atoms with Crippen LogP contribution in [0.25, 0.3) is 11.0 Å². The van der Waals surface area contributed by atoms with Crippen molar-refractivity contribution in [2.24, 2.45) is 7.05 Å². The van der Waals surface area contributed by atoms with Crippen LogP contribution in [-0.4, -0.2) is 22.0 Å². The van der Waals surface area contributed by atoms with E-state index in [4.69, 9.17) is 0 Å². The minimum atomic E-state index is 0.0752. The fourth-order valence-corrected chi connectivity index (χ4v) is 2.40. The summed E-state index contributed by atoms with van der Waals surface area (Å²) in [6, 6.07) is 6.09. The van der Waals surface area contributed by atoms with E-state index < -0.39 is 0 Å². The van der Waals surface area contributed by atoms with E-state index >= 15 is 0 Å². The molecule has 0 aliphatic heterocycles. The van der Waals surface area contributed by atoms with Crippen molar-refractivity contribution in [1.82, 2.24) is 14.9 Å². The van der Waals surface area contributed by atoms with E-state index in [1.807, 2.05) is 26.1 Å². The molecule has 4 nitrogen and oxygen atoms in total. The maximum absolute atomic E-state index is 11.8. The maximum atomic E-state index is 11.8. The third-order valence-electron chi connectivity index (χ3n) is 3.43. The van der Waals surface area contributed by atoms with Crippen LogP contribution in [0.4, 0.5) is 0 Å². The number of benzene rings is 1. The Balaban J connectivity index is 2.23. The van der Waals surface area contributed by atoms with Crippen molar-refractivity contribution in [3.63, 3.8) is 0 Å². The molecule has 1 aromatic heterocycles. The molecule has 0 fully saturated rings. The summed E-state index contributed by atoms with van der Waals surface area (Å²) in [6.07, 6.45) is 1.38. The van der Waals surface area contributed by atoms with Crippen LogP contribution >= 0.6 is 0 Å². The van der Waals surface area contributed by atoms with Gasteiger partial charge in [0, 0.05) is 19.5 Å². The zero-order chi connectivity index (χ0) is 14.7. The standard InChI is InChI=1S/C16H23N3O/c1-5-8-17-15(20)10-12-6-7-14-13(9-12)18-16(11(2)3)19(14)4/h6-7,9,11H,5,8,10H2,1-4H3,(H,17,20). The highest BCUT2D eigenvalue weighted by Gasteiger charge is 2.12. The van der Waals surface area contributed by atoms with Crippen LogP contribution in [0.2, 0.25) is 0 Å². The Bertz CT molecular complexity index is 613. The summed E-state index contributed by atoms with van der Waals surface area (Å²) in [5, 5.41) is 2.90. The third-order valence-corrected chi connectivity index (χ3v) is 3.43. The first-order valence-electron chi connectivity index (χ1n) is 7.24. The normalized spacial score (nSPS) is 11.2. The maximum Gasteiger partial charge on any atom is 0.224 e. The van der Waals surface area contributed by atoms with Crippen molar-refractivity contribution in [3.05, 3.63) is 29.6 Å². The van der Waals surface area contributed by atoms with E-state index in [1.165, 1.54) is 0 Å². The van der Waals surface area contributed by atoms with Gasteiger partial charge in [0.15, 0.2) is 0 Å². The molecule has 0 saturated carbocycles. The Morgan fingerprint density at radius 2 is 2.15 bits per heavy atom. The molecule has 0 saturated heterocycles. The Morgan fingerprint density at radius 1 is 1.40 bits per heavy atom. The average molecular weight is 273 g/mol. The summed E-state index contributed by atoms with van der Waals surface area (Å²) in [6.45, 7) is 7.07. The van der Waals surface area contributed by atoms with Crippen molar-refractivity contribution in [3.8, 4) is 0 Å². The number of nitrogens with one attached hydrogen (secondary N) is 1. The second-order valence-electron chi connectivity index (χ2n) is 5.53. The first-order valence-corrected chi connectivity index (χ1v) is 7.24. The van der Waals surface area contributed by atoms with Gasteiger partial charge in [-0.2, -0.15) is 0 Å². The quantitative estimate of drug-likeness (QED) is 0.910. The van der Waals surface area contributed by atoms with Crippen molar-refractivity contribution in [1.29, 1.82) is 0 Å². The summed E-state index contributed by atoms with van der Waals surface area (Å²) in [4.78, 5) is 16.4. The molecule has 0 radical (unpaired) electrons. The molecular formula is C16H23N3O. The van der Waals surface area contributed by atoms with Crippen molar-refractivity contribution >= 4 is 16.9 Å². The Labute approximate surface area is 120 Å². The molecule has 108 valence electrons. The van der Waals surface area contributed by atoms with Gasteiger partial charge in [-0.15, -0.1) is 0 Å². The van der Waals surface area contributed by atoms with Gasteiger partial charge in [0.25, 0.3) is 0 Å². The second-order valence-corrected chi connectivity index (χ2v) is 5.53. The minimum absolute atomic E-state index is 0.0752. The number of carbonyl (C=O) groups is 1. The van der Waals surface area contributed by atoms with Crippen LogP contribution in [0.15, 0.2) is 18.2 Å². The molecule has 1 N–H and O–H groups in total. The molecule has 0 unspecified atom stereocenters. The van der Waals surface area contributed by atoms with Gasteiger partial charge in [-0.05, 0) is 24.1 Å². The molecule has 0 aliphatic rings. The lowest BCUT2D eigenvalue weighted by Gasteiger charge is -2.05. The molecule has 1 heterocycles. The summed E-state index contributed by atoms with van der Waals surface area (Å²) >= 11 is 0. The fraction of sp³-hybridized carbons (Fsp3) is 0.500. The smallest absolute Gasteiger partial charge is 0.224 e. The second kappa shape index (κ2) is 6.07. The Kier molecular flexibility index (Phi) is 4.42. The zero-order valence-electron chi connectivity index (χ0n) is 12.7. The number of hydrogen-bond donors (Lipinski definition) is 1. The van der Waals surface area contributed by atoms with Gasteiger partial charge in [-0.25, -0.2) is 4.98 Å². The molecule has 20 heavy (non-hydrogen) atoms. The number of rotatable bonds is 5. The number of imidazole rings is 1. The molecule has 0 atom stereocenters. The van der Waals surface area contributed by atoms with Crippen LogP contribution in [0, 0.1) is 0 Å². The van der Waals surface area contributed by atoms with Crippen LogP contribution in [-0.2, 0) is 18.3 Å². The van der Waals surface area contributed by atoms with Gasteiger partial charge in [0.1, 0.15) is 5.82 Å². The molecular weight excluding hydrogens is 250 g/mol. The predicted octanol–water partition coefficient (Wildman–Crippen LogP) is 2.77. The zero-order valence-corrected chi connectivity index (χ0v) is 12.7. The molecule has 1 aromatic carbocycles. The van der Waals surface area contributed by atoms with E-state index in [9.17, 15) is 4.79 Å². The highest BCUT2D eigenvalue weighted by molar-refractivity contribution is 5.82. The number of fused-ring (bicyclic) bond motifs is 1. The van der Waals surface area contributed by atoms with E-state index in [0.29, 0.717) is 12.3 Å². The third kappa shape index (κ3) is 3.00. The van der Waals surface area contributed by atoms with Gasteiger partial charge >= 0.3 is 0 Å². The number of aromatic nitrogens is 2. The molecule has 4 heteroatoms. The van der Waals surface area contributed by atoms with Crippen LogP contribution in [0.3, 0.4) is 0 Å². The molecule has 1 amide bonds. The predicted molar refractivity (Wildman–Crippen MR) is 81.8 cm³/mol. The number of carbonyl (C=O) groups excluding carboxylic acids is 1. The van der Waals surface area contributed by atoms with Crippen molar-refractivity contribution in [2.75, 3.05) is 6.54 Å². The Hall–Kier alpha value is -1.84. The van der Waals surface area contributed by atoms with E-state index in [1.54, 1.807) is 0 Å². The van der Waals surface area contributed by atoms with Crippen LogP contribution in [0.5, 0.6) is 0 Å². The molecule has 0 spiro atoms. The van der Waals surface area contributed by atoms with Gasteiger partial charge in [-0.3, -0.25) is 4.79 Å². The van der Waals surface area contributed by atoms with Gasteiger partial charge in [-0.1, -0.05) is 26.8 Å². The van der Waals surface area contributed by atoms with Gasteiger partial charge in [0.2, 0.25) is 5.91 Å². The van der Waals surface area contributed by atoms with Crippen LogP contribution < -0.4 is 5.32 Å². The average Bonchev–Trinajstić information content (AvgIpc) is 2.73. The van der Waals surface area contributed by atoms with E-state index in [-0.39, 0.29) is 5.91 Å². The number of aryl methyl sites for hydroxylation is 1. The van der Waals surface area contributed by atoms with Gasteiger partial charge in [0.05, 0.1) is 17.5 Å². The first-order chi connectivity index (χ1) is 9.52. The van der Waals surface area contributed by atoms with Gasteiger partial charge < -0.3 is 9.88 Å². The summed E-state index contributed by atoms with van der Waals surface area (Å²) in [5.41, 5.74) is 3.10. The topological polar surface area (TPSA) is 46.9 Å². The molecule has 0 bridgehead atoms. The molecule has 0 aliphatic carbocycles. The molecule has 2 rings (SSSR count). The summed E-state index contributed by atoms with van der Waals surface area (Å²) < 4.78 is 2.13. The van der Waals surface area contributed by atoms with E-state index in [2.05, 4.69) is 34.8 Å². The summed E-state index contributed by atoms with van der Waals surface area (Å²) in [5.74, 6) is 1.54. The lowest BCUT2D eigenvalue weighted by molar-refractivity contribution is -0.120. The highest BCUT2D eigenvalue weighted by Crippen LogP contribution is 2.21. The lowest BCUT2D eigenvalue weighted by Crippen LogP contribution is -2.25. The largest absolute Gasteiger partial charge is 0.356 e. The van der Waals surface area contributed by atoms with Crippen molar-refractivity contribution in [2.45, 2.75) is 39.5 Å². The lowest BCUT2D eigenvalue weighted by atomic mass is 10.1. The van der Waals surface area contributed by atoms with Crippen LogP contribution in [0.1, 0.15) is 44.5 Å². The first kappa shape index (κ1) is 14.6. The molecule has 2 aromatic rings. The SMILES string of the molecule is CCCNC(=O)Cc1ccc2c(c1)nc(C(C)C)n2C. The number of hydrogen-bond acceptors (Lipinski definition) is 2. The van der Waals surface area contributed by atoms with Crippen molar-refractivity contribution < 1.29 is 4.79 Å². The minimum Gasteiger partial charge on any atom is -0.356 e. The summed E-state index contributed by atoms with van der Waals surface area (Å²) in [7, 11) is 2.04. The fourth-order valence-electron chi connectivity index (χ4n) is 2.40. The number of amides is 1.